The Kier molecular flexibility index (Phi) is 4.56. The van der Waals surface area contributed by atoms with Crippen LogP contribution in [-0.2, 0) is 10.0 Å². The average Bonchev–Trinajstić information content (AvgIpc) is 3.01. The average molecular weight is 398 g/mol. The Balaban J connectivity index is 1.68. The monoisotopic (exact) mass is 397 g/mol. The van der Waals surface area contributed by atoms with Crippen LogP contribution in [0.5, 0.6) is 0 Å². The highest BCUT2D eigenvalue weighted by Crippen LogP contribution is 2.18. The Morgan fingerprint density at radius 3 is 2.30 bits per heavy atom. The molecule has 1 aliphatic heterocycles. The minimum Gasteiger partial charge on any atom is -0.356 e. The van der Waals surface area contributed by atoms with E-state index in [0.29, 0.717) is 31.9 Å². The van der Waals surface area contributed by atoms with Crippen LogP contribution in [0.4, 0.5) is 0 Å². The lowest BCUT2D eigenvalue weighted by molar-refractivity contribution is 0.0692. The first-order chi connectivity index (χ1) is 11.0. The molecule has 0 bridgehead atoms. The van der Waals surface area contributed by atoms with Crippen molar-refractivity contribution >= 4 is 31.9 Å². The Bertz CT molecular complexity index is 796. The van der Waals surface area contributed by atoms with E-state index in [1.54, 1.807) is 47.5 Å². The number of amides is 1. The van der Waals surface area contributed by atoms with Gasteiger partial charge in [-0.3, -0.25) is 4.79 Å². The summed E-state index contributed by atoms with van der Waals surface area (Å²) in [7, 11) is -3.49. The molecule has 2 heterocycles. The van der Waals surface area contributed by atoms with Gasteiger partial charge in [0.25, 0.3) is 5.91 Å². The second-order valence-electron chi connectivity index (χ2n) is 5.24. The molecule has 3 rings (SSSR count). The van der Waals surface area contributed by atoms with Gasteiger partial charge in [0, 0.05) is 36.8 Å². The molecule has 1 aromatic heterocycles. The summed E-state index contributed by atoms with van der Waals surface area (Å²) in [6.45, 7) is 1.35. The molecule has 8 heteroatoms. The van der Waals surface area contributed by atoms with Crippen LogP contribution in [0.2, 0.25) is 0 Å². The number of hydrogen-bond acceptors (Lipinski definition) is 3. The molecule has 0 saturated carbocycles. The number of halogens is 1. The normalized spacial score (nSPS) is 16.5. The number of carbonyl (C=O) groups excluding carboxylic acids is 1. The standard InChI is InChI=1S/C15H16BrN3O3S/c16-12-10-14(17-11-12)15(20)18-6-8-19(9-7-18)23(21,22)13-4-2-1-3-5-13/h1-5,10-11,17H,6-9H2. The second-order valence-corrected chi connectivity index (χ2v) is 8.09. The number of carbonyl (C=O) groups is 1. The van der Waals surface area contributed by atoms with Gasteiger partial charge in [0.2, 0.25) is 10.0 Å². The van der Waals surface area contributed by atoms with Crippen LogP contribution in [0.1, 0.15) is 10.5 Å². The molecule has 1 aliphatic rings. The summed E-state index contributed by atoms with van der Waals surface area (Å²) in [6.07, 6.45) is 1.70. The summed E-state index contributed by atoms with van der Waals surface area (Å²) in [5.74, 6) is -0.118. The molecule has 0 radical (unpaired) electrons. The van der Waals surface area contributed by atoms with E-state index >= 15 is 0 Å². The SMILES string of the molecule is O=C(c1cc(Br)c[nH]1)N1CCN(S(=O)(=O)c2ccccc2)CC1. The summed E-state index contributed by atoms with van der Waals surface area (Å²) in [5.41, 5.74) is 0.497. The first-order valence-electron chi connectivity index (χ1n) is 7.17. The molecular weight excluding hydrogens is 382 g/mol. The number of sulfonamides is 1. The molecule has 0 unspecified atom stereocenters. The van der Waals surface area contributed by atoms with Gasteiger partial charge in [-0.2, -0.15) is 4.31 Å². The number of aromatic nitrogens is 1. The van der Waals surface area contributed by atoms with E-state index in [2.05, 4.69) is 20.9 Å². The number of nitrogens with one attached hydrogen (secondary N) is 1. The number of H-pyrrole nitrogens is 1. The van der Waals surface area contributed by atoms with Crippen LogP contribution < -0.4 is 0 Å². The molecule has 23 heavy (non-hydrogen) atoms. The van der Waals surface area contributed by atoms with Crippen LogP contribution in [0.3, 0.4) is 0 Å². The summed E-state index contributed by atoms with van der Waals surface area (Å²) in [5, 5.41) is 0. The maximum absolute atomic E-state index is 12.5. The van der Waals surface area contributed by atoms with Gasteiger partial charge in [-0.25, -0.2) is 8.42 Å². The van der Waals surface area contributed by atoms with Crippen LogP contribution >= 0.6 is 15.9 Å². The molecule has 122 valence electrons. The molecular formula is C15H16BrN3O3S. The lowest BCUT2D eigenvalue weighted by Gasteiger charge is -2.33. The van der Waals surface area contributed by atoms with Gasteiger partial charge in [-0.05, 0) is 34.1 Å². The Labute approximate surface area is 143 Å². The third kappa shape index (κ3) is 3.34. The van der Waals surface area contributed by atoms with Crippen LogP contribution in [0.25, 0.3) is 0 Å². The third-order valence-corrected chi connectivity index (χ3v) is 6.16. The topological polar surface area (TPSA) is 73.5 Å². The first kappa shape index (κ1) is 16.2. The highest BCUT2D eigenvalue weighted by molar-refractivity contribution is 9.10. The van der Waals surface area contributed by atoms with E-state index in [1.165, 1.54) is 4.31 Å². The summed E-state index contributed by atoms with van der Waals surface area (Å²) < 4.78 is 27.3. The predicted molar refractivity (Wildman–Crippen MR) is 89.6 cm³/mol. The van der Waals surface area contributed by atoms with E-state index in [0.717, 1.165) is 4.47 Å². The minimum atomic E-state index is -3.49. The van der Waals surface area contributed by atoms with Crippen molar-refractivity contribution in [2.45, 2.75) is 4.90 Å². The van der Waals surface area contributed by atoms with Crippen molar-refractivity contribution in [1.82, 2.24) is 14.2 Å². The van der Waals surface area contributed by atoms with E-state index in [-0.39, 0.29) is 10.8 Å². The summed E-state index contributed by atoms with van der Waals surface area (Å²) >= 11 is 3.30. The maximum atomic E-state index is 12.5. The lowest BCUT2D eigenvalue weighted by Crippen LogP contribution is -2.50. The molecule has 6 nitrogen and oxygen atoms in total. The van der Waals surface area contributed by atoms with Crippen molar-refractivity contribution in [1.29, 1.82) is 0 Å². The van der Waals surface area contributed by atoms with Gasteiger partial charge in [0.05, 0.1) is 4.90 Å². The molecule has 1 fully saturated rings. The van der Waals surface area contributed by atoms with Crippen molar-refractivity contribution in [3.63, 3.8) is 0 Å². The van der Waals surface area contributed by atoms with Gasteiger partial charge in [0.15, 0.2) is 0 Å². The molecule has 0 spiro atoms. The fraction of sp³-hybridized carbons (Fsp3) is 0.267. The van der Waals surface area contributed by atoms with E-state index in [9.17, 15) is 13.2 Å². The number of nitrogens with zero attached hydrogens (tertiary/aromatic N) is 2. The highest BCUT2D eigenvalue weighted by Gasteiger charge is 2.30. The van der Waals surface area contributed by atoms with Crippen molar-refractivity contribution in [2.75, 3.05) is 26.2 Å². The number of hydrogen-bond donors (Lipinski definition) is 1. The minimum absolute atomic E-state index is 0.118. The number of rotatable bonds is 3. The van der Waals surface area contributed by atoms with Crippen molar-refractivity contribution in [3.8, 4) is 0 Å². The van der Waals surface area contributed by atoms with Crippen LogP contribution in [0.15, 0.2) is 52.0 Å². The van der Waals surface area contributed by atoms with Gasteiger partial charge in [-0.15, -0.1) is 0 Å². The Morgan fingerprint density at radius 2 is 1.74 bits per heavy atom. The smallest absolute Gasteiger partial charge is 0.270 e. The Morgan fingerprint density at radius 1 is 1.09 bits per heavy atom. The number of piperazine rings is 1. The predicted octanol–water partition coefficient (Wildman–Crippen LogP) is 1.92. The third-order valence-electron chi connectivity index (χ3n) is 3.79. The van der Waals surface area contributed by atoms with E-state index in [4.69, 9.17) is 0 Å². The van der Waals surface area contributed by atoms with Gasteiger partial charge in [-0.1, -0.05) is 18.2 Å². The van der Waals surface area contributed by atoms with Gasteiger partial charge in [0.1, 0.15) is 5.69 Å². The molecule has 1 saturated heterocycles. The van der Waals surface area contributed by atoms with Crippen LogP contribution in [0, 0.1) is 0 Å². The zero-order valence-electron chi connectivity index (χ0n) is 12.3. The first-order valence-corrected chi connectivity index (χ1v) is 9.40. The summed E-state index contributed by atoms with van der Waals surface area (Å²) in [4.78, 5) is 17.2. The highest BCUT2D eigenvalue weighted by atomic mass is 79.9. The fourth-order valence-corrected chi connectivity index (χ4v) is 4.32. The van der Waals surface area contributed by atoms with Crippen molar-refractivity contribution < 1.29 is 13.2 Å². The lowest BCUT2D eigenvalue weighted by atomic mass is 10.3. The Hall–Kier alpha value is -1.64. The van der Waals surface area contributed by atoms with Gasteiger partial charge >= 0.3 is 0 Å². The van der Waals surface area contributed by atoms with Crippen molar-refractivity contribution in [2.24, 2.45) is 0 Å². The number of benzene rings is 1. The van der Waals surface area contributed by atoms with Gasteiger partial charge < -0.3 is 9.88 Å². The molecule has 0 aliphatic carbocycles. The molecule has 0 atom stereocenters. The second kappa shape index (κ2) is 6.46. The van der Waals surface area contributed by atoms with Crippen molar-refractivity contribution in [3.05, 3.63) is 52.8 Å². The zero-order valence-corrected chi connectivity index (χ0v) is 14.7. The largest absolute Gasteiger partial charge is 0.356 e. The quantitative estimate of drug-likeness (QED) is 0.859. The molecule has 1 N–H and O–H groups in total. The molecule has 1 aromatic carbocycles. The summed E-state index contributed by atoms with van der Waals surface area (Å²) in [6, 6.07) is 10.1. The van der Waals surface area contributed by atoms with Crippen LogP contribution in [-0.4, -0.2) is 54.7 Å². The fourth-order valence-electron chi connectivity index (χ4n) is 2.53. The number of aromatic amines is 1. The maximum Gasteiger partial charge on any atom is 0.270 e. The van der Waals surface area contributed by atoms with E-state index in [1.807, 2.05) is 0 Å². The van der Waals surface area contributed by atoms with E-state index < -0.39 is 10.0 Å². The molecule has 2 aromatic rings. The zero-order chi connectivity index (χ0) is 16.4. The molecule has 1 amide bonds.